The maximum atomic E-state index is 13.5. The molecule has 0 bridgehead atoms. The molecule has 1 heterocycles. The van der Waals surface area contributed by atoms with E-state index in [-0.39, 0.29) is 17.9 Å². The normalized spacial score (nSPS) is 19.6. The molecule has 1 aliphatic heterocycles. The summed E-state index contributed by atoms with van der Waals surface area (Å²) in [5.41, 5.74) is 6.73. The van der Waals surface area contributed by atoms with E-state index in [0.717, 1.165) is 10.5 Å². The molecule has 3 N–H and O–H groups in total. The van der Waals surface area contributed by atoms with Crippen molar-refractivity contribution in [1.82, 2.24) is 4.90 Å². The number of nitrogens with zero attached hydrogens (tertiary/aromatic N) is 1. The van der Waals surface area contributed by atoms with Gasteiger partial charge in [0, 0.05) is 16.5 Å². The highest BCUT2D eigenvalue weighted by atomic mass is 79.9. The molecule has 3 atom stereocenters. The Labute approximate surface area is 182 Å². The number of rotatable bonds is 6. The van der Waals surface area contributed by atoms with Crippen molar-refractivity contribution in [3.05, 3.63) is 64.1 Å². The van der Waals surface area contributed by atoms with Gasteiger partial charge in [-0.05, 0) is 29.7 Å². The first-order valence-corrected chi connectivity index (χ1v) is 10.3. The van der Waals surface area contributed by atoms with Gasteiger partial charge in [-0.1, -0.05) is 60.1 Å². The zero-order valence-electron chi connectivity index (χ0n) is 16.6. The third kappa shape index (κ3) is 4.33. The van der Waals surface area contributed by atoms with E-state index in [2.05, 4.69) is 15.9 Å². The van der Waals surface area contributed by atoms with E-state index in [9.17, 15) is 19.5 Å². The van der Waals surface area contributed by atoms with Crippen molar-refractivity contribution in [2.45, 2.75) is 38.5 Å². The number of fused-ring (bicyclic) bond motifs is 1. The lowest BCUT2D eigenvalue weighted by Gasteiger charge is -2.35. The molecule has 8 heteroatoms. The Kier molecular flexibility index (Phi) is 6.45. The van der Waals surface area contributed by atoms with Crippen LogP contribution in [0.25, 0.3) is 0 Å². The smallest absolute Gasteiger partial charge is 0.331 e. The summed E-state index contributed by atoms with van der Waals surface area (Å²) in [7, 11) is 0. The van der Waals surface area contributed by atoms with Gasteiger partial charge in [0.2, 0.25) is 5.91 Å². The van der Waals surface area contributed by atoms with Crippen LogP contribution in [-0.4, -0.2) is 39.9 Å². The Morgan fingerprint density at radius 1 is 1.20 bits per heavy atom. The van der Waals surface area contributed by atoms with Crippen molar-refractivity contribution in [2.24, 2.45) is 11.7 Å². The third-order valence-electron chi connectivity index (χ3n) is 5.07. The van der Waals surface area contributed by atoms with Crippen LogP contribution in [0.15, 0.2) is 53.0 Å². The number of halogens is 1. The second-order valence-corrected chi connectivity index (χ2v) is 8.47. The van der Waals surface area contributed by atoms with Gasteiger partial charge in [0.25, 0.3) is 5.91 Å². The number of carboxylic acids is 1. The molecule has 2 aromatic carbocycles. The molecule has 158 valence electrons. The van der Waals surface area contributed by atoms with Crippen molar-refractivity contribution in [3.8, 4) is 5.75 Å². The zero-order chi connectivity index (χ0) is 22.0. The fraction of sp³-hybridized carbons (Fsp3) is 0.318. The largest absolute Gasteiger partial charge is 0.480 e. The monoisotopic (exact) mass is 474 g/mol. The SMILES string of the molecule is CC(C)C1Oc2ccc(Br)cc2C(C(=O)O)N(C(Cc2ccccc2)C(N)=O)C1=O. The number of aliphatic carboxylic acids is 1. The zero-order valence-corrected chi connectivity index (χ0v) is 18.2. The summed E-state index contributed by atoms with van der Waals surface area (Å²) in [5, 5.41) is 10.1. The van der Waals surface area contributed by atoms with Gasteiger partial charge in [0.05, 0.1) is 0 Å². The second-order valence-electron chi connectivity index (χ2n) is 7.56. The number of amides is 2. The van der Waals surface area contributed by atoms with Gasteiger partial charge in [0.1, 0.15) is 11.8 Å². The van der Waals surface area contributed by atoms with Gasteiger partial charge in [-0.3, -0.25) is 9.59 Å². The van der Waals surface area contributed by atoms with Gasteiger partial charge < -0.3 is 20.5 Å². The van der Waals surface area contributed by atoms with Crippen molar-refractivity contribution < 1.29 is 24.2 Å². The first-order chi connectivity index (χ1) is 14.2. The lowest BCUT2D eigenvalue weighted by Crippen LogP contribution is -2.55. The quantitative estimate of drug-likeness (QED) is 0.668. The van der Waals surface area contributed by atoms with Crippen LogP contribution in [0.3, 0.4) is 0 Å². The molecule has 2 aromatic rings. The van der Waals surface area contributed by atoms with Crippen LogP contribution in [0.1, 0.15) is 31.0 Å². The Morgan fingerprint density at radius 2 is 1.87 bits per heavy atom. The highest BCUT2D eigenvalue weighted by Crippen LogP contribution is 2.39. The van der Waals surface area contributed by atoms with E-state index in [1.165, 1.54) is 0 Å². The van der Waals surface area contributed by atoms with Gasteiger partial charge in [-0.2, -0.15) is 0 Å². The molecule has 0 saturated heterocycles. The van der Waals surface area contributed by atoms with Crippen LogP contribution in [0.5, 0.6) is 5.75 Å². The average molecular weight is 475 g/mol. The highest BCUT2D eigenvalue weighted by molar-refractivity contribution is 9.10. The molecular weight excluding hydrogens is 452 g/mol. The van der Waals surface area contributed by atoms with E-state index >= 15 is 0 Å². The third-order valence-corrected chi connectivity index (χ3v) is 5.57. The average Bonchev–Trinajstić information content (AvgIpc) is 2.81. The minimum absolute atomic E-state index is 0.0971. The summed E-state index contributed by atoms with van der Waals surface area (Å²) in [6, 6.07) is 11.4. The number of benzene rings is 2. The van der Waals surface area contributed by atoms with Crippen LogP contribution < -0.4 is 10.5 Å². The van der Waals surface area contributed by atoms with E-state index in [1.54, 1.807) is 56.3 Å². The van der Waals surface area contributed by atoms with Gasteiger partial charge in [-0.25, -0.2) is 4.79 Å². The molecule has 2 amide bonds. The Bertz CT molecular complexity index is 963. The number of carboxylic acid groups (broad SMARTS) is 1. The van der Waals surface area contributed by atoms with Crippen molar-refractivity contribution in [2.75, 3.05) is 0 Å². The molecule has 0 aliphatic carbocycles. The summed E-state index contributed by atoms with van der Waals surface area (Å²) >= 11 is 3.35. The number of nitrogens with two attached hydrogens (primary N) is 1. The van der Waals surface area contributed by atoms with Crippen LogP contribution in [-0.2, 0) is 20.8 Å². The summed E-state index contributed by atoms with van der Waals surface area (Å²) in [6.45, 7) is 3.60. The maximum Gasteiger partial charge on any atom is 0.331 e. The summed E-state index contributed by atoms with van der Waals surface area (Å²) < 4.78 is 6.58. The Balaban J connectivity index is 2.19. The van der Waals surface area contributed by atoms with Crippen LogP contribution in [0, 0.1) is 5.92 Å². The van der Waals surface area contributed by atoms with E-state index in [0.29, 0.717) is 10.2 Å². The lowest BCUT2D eigenvalue weighted by molar-refractivity contribution is -0.158. The minimum Gasteiger partial charge on any atom is -0.480 e. The molecule has 0 fully saturated rings. The number of carbonyl (C=O) groups is 3. The first-order valence-electron chi connectivity index (χ1n) is 9.55. The predicted molar refractivity (Wildman–Crippen MR) is 114 cm³/mol. The molecule has 0 saturated carbocycles. The molecule has 0 spiro atoms. The molecule has 7 nitrogen and oxygen atoms in total. The standard InChI is InChI=1S/C22H23BrN2O5/c1-12(2)19-21(27)25(16(20(24)26)10-13-6-4-3-5-7-13)18(22(28)29)15-11-14(23)8-9-17(15)30-19/h3-9,11-12,16,18-19H,10H2,1-2H3,(H2,24,26)(H,28,29). The van der Waals surface area contributed by atoms with Crippen molar-refractivity contribution >= 4 is 33.7 Å². The van der Waals surface area contributed by atoms with Gasteiger partial charge in [-0.15, -0.1) is 0 Å². The lowest BCUT2D eigenvalue weighted by atomic mass is 9.97. The molecule has 1 aliphatic rings. The first kappa shape index (κ1) is 21.8. The van der Waals surface area contributed by atoms with Crippen molar-refractivity contribution in [3.63, 3.8) is 0 Å². The summed E-state index contributed by atoms with van der Waals surface area (Å²) in [6.07, 6.45) is -0.855. The summed E-state index contributed by atoms with van der Waals surface area (Å²) in [5.74, 6) is -2.59. The second kappa shape index (κ2) is 8.87. The van der Waals surface area contributed by atoms with Crippen LogP contribution in [0.2, 0.25) is 0 Å². The molecule has 3 unspecified atom stereocenters. The number of carbonyl (C=O) groups excluding carboxylic acids is 2. The topological polar surface area (TPSA) is 110 Å². The number of primary amides is 1. The number of hydrogen-bond donors (Lipinski definition) is 2. The highest BCUT2D eigenvalue weighted by Gasteiger charge is 2.46. The predicted octanol–water partition coefficient (Wildman–Crippen LogP) is 2.92. The van der Waals surface area contributed by atoms with Crippen LogP contribution >= 0.6 is 15.9 Å². The van der Waals surface area contributed by atoms with E-state index in [1.807, 2.05) is 6.07 Å². The molecule has 0 aromatic heterocycles. The Morgan fingerprint density at radius 3 is 2.43 bits per heavy atom. The molecular formula is C22H23BrN2O5. The molecule has 30 heavy (non-hydrogen) atoms. The summed E-state index contributed by atoms with van der Waals surface area (Å²) in [4.78, 5) is 39.4. The van der Waals surface area contributed by atoms with Crippen molar-refractivity contribution in [1.29, 1.82) is 0 Å². The Hall–Kier alpha value is -2.87. The van der Waals surface area contributed by atoms with E-state index < -0.39 is 36.0 Å². The minimum atomic E-state index is -1.42. The fourth-order valence-corrected chi connectivity index (χ4v) is 4.01. The fourth-order valence-electron chi connectivity index (χ4n) is 3.63. The molecule has 3 rings (SSSR count). The maximum absolute atomic E-state index is 13.5. The number of ether oxygens (including phenoxy) is 1. The van der Waals surface area contributed by atoms with Gasteiger partial charge in [0.15, 0.2) is 12.1 Å². The van der Waals surface area contributed by atoms with Gasteiger partial charge >= 0.3 is 5.97 Å². The van der Waals surface area contributed by atoms with E-state index in [4.69, 9.17) is 10.5 Å². The molecule has 0 radical (unpaired) electrons. The van der Waals surface area contributed by atoms with Crippen LogP contribution in [0.4, 0.5) is 0 Å². The number of hydrogen-bond acceptors (Lipinski definition) is 4.